The Morgan fingerprint density at radius 3 is 2.38 bits per heavy atom. The van der Waals surface area contributed by atoms with Crippen LogP contribution in [-0.4, -0.2) is 40.0 Å². The Bertz CT molecular complexity index is 895. The van der Waals surface area contributed by atoms with E-state index in [1.165, 1.54) is 23.9 Å². The molecule has 1 fully saturated rings. The Morgan fingerprint density at radius 1 is 1.07 bits per heavy atom. The Labute approximate surface area is 173 Å². The molecule has 0 saturated carbocycles. The summed E-state index contributed by atoms with van der Waals surface area (Å²) < 4.78 is 0. The number of hydrogen-bond acceptors (Lipinski definition) is 5. The van der Waals surface area contributed by atoms with Crippen LogP contribution < -0.4 is 5.32 Å². The molecular weight excluding hydrogens is 390 g/mol. The second-order valence-electron chi connectivity index (χ2n) is 6.90. The lowest BCUT2D eigenvalue weighted by molar-refractivity contribution is -0.384. The summed E-state index contributed by atoms with van der Waals surface area (Å²) in [5, 5.41) is 13.2. The third kappa shape index (κ3) is 5.35. The first-order valence-corrected chi connectivity index (χ1v) is 10.4. The van der Waals surface area contributed by atoms with Crippen LogP contribution in [0.15, 0.2) is 53.4 Å². The maximum atomic E-state index is 12.9. The van der Waals surface area contributed by atoms with Gasteiger partial charge in [-0.05, 0) is 50.5 Å². The van der Waals surface area contributed by atoms with Crippen molar-refractivity contribution in [2.75, 3.05) is 18.4 Å². The summed E-state index contributed by atoms with van der Waals surface area (Å²) in [5.41, 5.74) is 1.01. The predicted octanol–water partition coefficient (Wildman–Crippen LogP) is 4.34. The van der Waals surface area contributed by atoms with E-state index in [2.05, 4.69) is 5.32 Å². The van der Waals surface area contributed by atoms with Gasteiger partial charge in [-0.2, -0.15) is 0 Å². The van der Waals surface area contributed by atoms with Gasteiger partial charge < -0.3 is 10.2 Å². The third-order valence-corrected chi connectivity index (χ3v) is 5.90. The number of nitrogens with one attached hydrogen (secondary N) is 1. The van der Waals surface area contributed by atoms with Gasteiger partial charge in [-0.25, -0.2) is 0 Å². The average molecular weight is 413 g/mol. The highest BCUT2D eigenvalue weighted by molar-refractivity contribution is 8.00. The summed E-state index contributed by atoms with van der Waals surface area (Å²) in [5.74, 6) is -0.288. The van der Waals surface area contributed by atoms with Crippen molar-refractivity contribution in [3.05, 3.63) is 64.2 Å². The minimum Gasteiger partial charge on any atom is -0.339 e. The van der Waals surface area contributed by atoms with E-state index in [1.807, 2.05) is 4.90 Å². The van der Waals surface area contributed by atoms with Crippen LogP contribution in [0.4, 0.5) is 11.4 Å². The SMILES string of the molecule is CC(Sc1ccc([N+](=O)[O-])cc1)C(=O)Nc1ccccc1C(=O)N1CCCCC1. The van der Waals surface area contributed by atoms with Gasteiger partial charge in [0.1, 0.15) is 0 Å². The number of benzene rings is 2. The fourth-order valence-corrected chi connectivity index (χ4v) is 4.05. The number of nitro groups is 1. The van der Waals surface area contributed by atoms with Gasteiger partial charge in [-0.3, -0.25) is 19.7 Å². The van der Waals surface area contributed by atoms with Crippen LogP contribution in [0.1, 0.15) is 36.5 Å². The van der Waals surface area contributed by atoms with Gasteiger partial charge in [0, 0.05) is 30.1 Å². The number of carbonyl (C=O) groups excluding carboxylic acids is 2. The number of amides is 2. The highest BCUT2D eigenvalue weighted by Gasteiger charge is 2.22. The normalized spacial score (nSPS) is 14.9. The molecule has 2 aromatic carbocycles. The lowest BCUT2D eigenvalue weighted by Gasteiger charge is -2.27. The summed E-state index contributed by atoms with van der Waals surface area (Å²) in [6, 6.07) is 13.1. The van der Waals surface area contributed by atoms with Gasteiger partial charge in [0.25, 0.3) is 11.6 Å². The third-order valence-electron chi connectivity index (χ3n) is 4.79. The molecule has 1 atom stereocenters. The molecule has 8 heteroatoms. The quantitative estimate of drug-likeness (QED) is 0.432. The zero-order chi connectivity index (χ0) is 20.8. The molecule has 0 aliphatic carbocycles. The molecule has 1 aliphatic rings. The van der Waals surface area contributed by atoms with Crippen LogP contribution in [0.5, 0.6) is 0 Å². The highest BCUT2D eigenvalue weighted by Crippen LogP contribution is 2.27. The molecule has 2 aromatic rings. The molecule has 7 nitrogen and oxygen atoms in total. The topological polar surface area (TPSA) is 92.5 Å². The van der Waals surface area contributed by atoms with E-state index in [4.69, 9.17) is 0 Å². The van der Waals surface area contributed by atoms with E-state index in [9.17, 15) is 19.7 Å². The molecule has 29 heavy (non-hydrogen) atoms. The molecule has 1 heterocycles. The van der Waals surface area contributed by atoms with Crippen LogP contribution in [-0.2, 0) is 4.79 Å². The summed E-state index contributed by atoms with van der Waals surface area (Å²) >= 11 is 1.30. The number of non-ortho nitro benzene ring substituents is 1. The van der Waals surface area contributed by atoms with E-state index in [-0.39, 0.29) is 17.5 Å². The minimum absolute atomic E-state index is 0.0107. The molecule has 1 N–H and O–H groups in total. The van der Waals surface area contributed by atoms with Gasteiger partial charge in [0.2, 0.25) is 5.91 Å². The molecule has 1 saturated heterocycles. The second kappa shape index (κ2) is 9.56. The standard InChI is InChI=1S/C21H23N3O4S/c1-15(29-17-11-9-16(10-12-17)24(27)28)20(25)22-19-8-4-3-7-18(19)21(26)23-13-5-2-6-14-23/h3-4,7-12,15H,2,5-6,13-14H2,1H3,(H,22,25). The van der Waals surface area contributed by atoms with Crippen LogP contribution in [0.2, 0.25) is 0 Å². The van der Waals surface area contributed by atoms with Crippen molar-refractivity contribution in [3.8, 4) is 0 Å². The largest absolute Gasteiger partial charge is 0.339 e. The lowest BCUT2D eigenvalue weighted by atomic mass is 10.1. The summed E-state index contributed by atoms with van der Waals surface area (Å²) in [6.07, 6.45) is 3.14. The molecular formula is C21H23N3O4S. The van der Waals surface area contributed by atoms with Gasteiger partial charge in [-0.15, -0.1) is 11.8 Å². The van der Waals surface area contributed by atoms with Gasteiger partial charge >= 0.3 is 0 Å². The number of likely N-dealkylation sites (tertiary alicyclic amines) is 1. The zero-order valence-corrected chi connectivity index (χ0v) is 17.0. The molecule has 0 aromatic heterocycles. The van der Waals surface area contributed by atoms with Gasteiger partial charge in [0.05, 0.1) is 21.4 Å². The predicted molar refractivity (Wildman–Crippen MR) is 113 cm³/mol. The summed E-state index contributed by atoms with van der Waals surface area (Å²) in [7, 11) is 0. The first-order valence-electron chi connectivity index (χ1n) is 9.56. The molecule has 152 valence electrons. The van der Waals surface area contributed by atoms with Crippen molar-refractivity contribution in [2.24, 2.45) is 0 Å². The van der Waals surface area contributed by atoms with Crippen LogP contribution in [0, 0.1) is 10.1 Å². The van der Waals surface area contributed by atoms with Crippen molar-refractivity contribution in [1.82, 2.24) is 4.90 Å². The number of piperidine rings is 1. The molecule has 0 bridgehead atoms. The number of nitro benzene ring substituents is 1. The van der Waals surface area contributed by atoms with E-state index in [0.717, 1.165) is 37.2 Å². The number of anilines is 1. The smallest absolute Gasteiger partial charge is 0.269 e. The highest BCUT2D eigenvalue weighted by atomic mass is 32.2. The second-order valence-corrected chi connectivity index (χ2v) is 8.31. The van der Waals surface area contributed by atoms with Crippen LogP contribution >= 0.6 is 11.8 Å². The van der Waals surface area contributed by atoms with Crippen molar-refractivity contribution in [3.63, 3.8) is 0 Å². The zero-order valence-electron chi connectivity index (χ0n) is 16.2. The number of nitrogens with zero attached hydrogens (tertiary/aromatic N) is 2. The Morgan fingerprint density at radius 2 is 1.72 bits per heavy atom. The van der Waals surface area contributed by atoms with Crippen LogP contribution in [0.3, 0.4) is 0 Å². The summed E-state index contributed by atoms with van der Waals surface area (Å²) in [4.78, 5) is 38.4. The lowest BCUT2D eigenvalue weighted by Crippen LogP contribution is -2.36. The Kier molecular flexibility index (Phi) is 6.87. The fraction of sp³-hybridized carbons (Fsp3) is 0.333. The van der Waals surface area contributed by atoms with E-state index in [0.29, 0.717) is 11.3 Å². The first-order chi connectivity index (χ1) is 14.0. The number of rotatable bonds is 6. The molecule has 2 amide bonds. The molecule has 1 unspecified atom stereocenters. The minimum atomic E-state index is -0.457. The number of carbonyl (C=O) groups is 2. The Balaban J connectivity index is 1.66. The van der Waals surface area contributed by atoms with E-state index < -0.39 is 10.2 Å². The Hall–Kier alpha value is -2.87. The van der Waals surface area contributed by atoms with E-state index in [1.54, 1.807) is 43.3 Å². The van der Waals surface area contributed by atoms with Crippen molar-refractivity contribution >= 4 is 35.0 Å². The molecule has 1 aliphatic heterocycles. The maximum Gasteiger partial charge on any atom is 0.269 e. The fourth-order valence-electron chi connectivity index (χ4n) is 3.18. The monoisotopic (exact) mass is 413 g/mol. The maximum absolute atomic E-state index is 12.9. The van der Waals surface area contributed by atoms with Gasteiger partial charge in [-0.1, -0.05) is 12.1 Å². The van der Waals surface area contributed by atoms with Crippen LogP contribution in [0.25, 0.3) is 0 Å². The molecule has 0 radical (unpaired) electrons. The first kappa shape index (κ1) is 20.9. The molecule has 3 rings (SSSR count). The van der Waals surface area contributed by atoms with Crippen molar-refractivity contribution in [1.29, 1.82) is 0 Å². The number of para-hydroxylation sites is 1. The van der Waals surface area contributed by atoms with E-state index >= 15 is 0 Å². The molecule has 0 spiro atoms. The van der Waals surface area contributed by atoms with Crippen molar-refractivity contribution < 1.29 is 14.5 Å². The number of hydrogen-bond donors (Lipinski definition) is 1. The van der Waals surface area contributed by atoms with Crippen molar-refractivity contribution in [2.45, 2.75) is 36.3 Å². The number of thioether (sulfide) groups is 1. The average Bonchev–Trinajstić information content (AvgIpc) is 2.74. The summed E-state index contributed by atoms with van der Waals surface area (Å²) in [6.45, 7) is 3.25. The van der Waals surface area contributed by atoms with Gasteiger partial charge in [0.15, 0.2) is 0 Å².